The number of benzene rings is 3. The molecule has 2 aliphatic rings. The summed E-state index contributed by atoms with van der Waals surface area (Å²) in [6.45, 7) is 1.13. The van der Waals surface area contributed by atoms with Gasteiger partial charge in [-0.15, -0.1) is 0 Å². The molecule has 192 valence electrons. The maximum absolute atomic E-state index is 13.8. The molecule has 0 spiro atoms. The third-order valence-electron chi connectivity index (χ3n) is 6.56. The monoisotopic (exact) mass is 511 g/mol. The molecule has 1 unspecified atom stereocenters. The smallest absolute Gasteiger partial charge is 0.240 e. The Morgan fingerprint density at radius 3 is 2.27 bits per heavy atom. The number of halogens is 4. The Labute approximate surface area is 211 Å². The third-order valence-corrected chi connectivity index (χ3v) is 6.56. The molecular weight excluding hydrogens is 486 g/mol. The number of rotatable bonds is 6. The first-order valence-electron chi connectivity index (χ1n) is 11.8. The van der Waals surface area contributed by atoms with Gasteiger partial charge in [-0.2, -0.15) is 0 Å². The van der Waals surface area contributed by atoms with Gasteiger partial charge >= 0.3 is 0 Å². The maximum atomic E-state index is 13.8. The molecule has 2 aliphatic heterocycles. The van der Waals surface area contributed by atoms with Crippen molar-refractivity contribution in [3.63, 3.8) is 0 Å². The number of fused-ring (bicyclic) bond motifs is 1. The predicted molar refractivity (Wildman–Crippen MR) is 132 cm³/mol. The summed E-state index contributed by atoms with van der Waals surface area (Å²) in [6.07, 6.45) is 1.73. The summed E-state index contributed by atoms with van der Waals surface area (Å²) in [5, 5.41) is 3.13. The number of carbonyl (C=O) groups excluding carboxylic acids is 1. The van der Waals surface area contributed by atoms with E-state index in [2.05, 4.69) is 5.32 Å². The molecule has 0 bridgehead atoms. The van der Waals surface area contributed by atoms with Crippen LogP contribution in [0.15, 0.2) is 78.8 Å². The topological polar surface area (TPSA) is 64.8 Å². The lowest BCUT2D eigenvalue weighted by molar-refractivity contribution is -0.135. The Morgan fingerprint density at radius 1 is 0.919 bits per heavy atom. The van der Waals surface area contributed by atoms with Gasteiger partial charge in [0.1, 0.15) is 23.6 Å². The van der Waals surface area contributed by atoms with Gasteiger partial charge in [-0.3, -0.25) is 4.79 Å². The van der Waals surface area contributed by atoms with Crippen LogP contribution in [0.5, 0.6) is 0 Å². The fourth-order valence-electron chi connectivity index (χ4n) is 4.66. The van der Waals surface area contributed by atoms with Crippen molar-refractivity contribution in [2.45, 2.75) is 18.6 Å². The van der Waals surface area contributed by atoms with Gasteiger partial charge in [0.05, 0.1) is 12.6 Å². The van der Waals surface area contributed by atoms with E-state index in [9.17, 15) is 22.4 Å². The van der Waals surface area contributed by atoms with Crippen LogP contribution in [0.4, 0.5) is 28.9 Å². The average molecular weight is 512 g/mol. The Balaban J connectivity index is 1.35. The molecule has 0 radical (unpaired) electrons. The van der Waals surface area contributed by atoms with E-state index in [0.29, 0.717) is 36.8 Å². The number of carbonyl (C=O) groups is 1. The van der Waals surface area contributed by atoms with E-state index in [-0.39, 0.29) is 30.1 Å². The Morgan fingerprint density at radius 2 is 1.59 bits per heavy atom. The fourth-order valence-corrected chi connectivity index (χ4v) is 4.66. The van der Waals surface area contributed by atoms with Crippen LogP contribution in [0.25, 0.3) is 0 Å². The van der Waals surface area contributed by atoms with Gasteiger partial charge < -0.3 is 25.8 Å². The van der Waals surface area contributed by atoms with E-state index in [4.69, 9.17) is 5.73 Å². The summed E-state index contributed by atoms with van der Waals surface area (Å²) in [6, 6.07) is 14.6. The number of nitrogens with two attached hydrogens (primary N) is 1. The standard InChI is InChI=1S/C27H25F4N5O/c28-18-3-1-17(2-4-18)13-24(32)27(37)34-11-12-35-25(33-20-7-10-22(30)23(31)14-20)15-36(26(35)16-34)21-8-5-19(29)6-9-21/h1-10,14-15,24,26,33H,11-13,16,32H2/t24-,26?/m0/s1. The summed E-state index contributed by atoms with van der Waals surface area (Å²) in [7, 11) is 0. The number of anilines is 2. The van der Waals surface area contributed by atoms with Crippen molar-refractivity contribution >= 4 is 17.3 Å². The number of nitrogens with zero attached hydrogens (tertiary/aromatic N) is 3. The van der Waals surface area contributed by atoms with Gasteiger partial charge in [-0.1, -0.05) is 12.1 Å². The molecule has 6 nitrogen and oxygen atoms in total. The zero-order valence-corrected chi connectivity index (χ0v) is 19.8. The lowest BCUT2D eigenvalue weighted by atomic mass is 10.0. The summed E-state index contributed by atoms with van der Waals surface area (Å²) >= 11 is 0. The molecule has 1 saturated heterocycles. The molecule has 2 heterocycles. The van der Waals surface area contributed by atoms with Crippen LogP contribution < -0.4 is 16.0 Å². The molecule has 2 atom stereocenters. The van der Waals surface area contributed by atoms with Gasteiger partial charge in [0.15, 0.2) is 11.6 Å². The molecule has 0 saturated carbocycles. The third kappa shape index (κ3) is 5.24. The fraction of sp³-hybridized carbons (Fsp3) is 0.222. The highest BCUT2D eigenvalue weighted by Crippen LogP contribution is 2.32. The maximum Gasteiger partial charge on any atom is 0.240 e. The highest BCUT2D eigenvalue weighted by atomic mass is 19.2. The number of piperazine rings is 1. The quantitative estimate of drug-likeness (QED) is 0.490. The molecule has 0 aliphatic carbocycles. The lowest BCUT2D eigenvalue weighted by Gasteiger charge is -2.43. The van der Waals surface area contributed by atoms with Gasteiger partial charge in [-0.05, 0) is 60.5 Å². The second-order valence-electron chi connectivity index (χ2n) is 9.05. The van der Waals surface area contributed by atoms with Crippen LogP contribution in [0.2, 0.25) is 0 Å². The zero-order valence-electron chi connectivity index (χ0n) is 19.8. The highest BCUT2D eigenvalue weighted by Gasteiger charge is 2.40. The summed E-state index contributed by atoms with van der Waals surface area (Å²) < 4.78 is 54.0. The largest absolute Gasteiger partial charge is 0.341 e. The van der Waals surface area contributed by atoms with Crippen molar-refractivity contribution < 1.29 is 22.4 Å². The molecule has 5 rings (SSSR count). The molecule has 1 fully saturated rings. The summed E-state index contributed by atoms with van der Waals surface area (Å²) in [5.41, 5.74) is 8.05. The van der Waals surface area contributed by atoms with Crippen molar-refractivity contribution in [1.29, 1.82) is 0 Å². The van der Waals surface area contributed by atoms with Gasteiger partial charge in [0.2, 0.25) is 5.91 Å². The number of hydrogen-bond acceptors (Lipinski definition) is 5. The van der Waals surface area contributed by atoms with Crippen LogP contribution in [0.1, 0.15) is 5.56 Å². The number of amides is 1. The second-order valence-corrected chi connectivity index (χ2v) is 9.05. The highest BCUT2D eigenvalue weighted by molar-refractivity contribution is 5.82. The molecule has 1 amide bonds. The van der Waals surface area contributed by atoms with Gasteiger partial charge in [-0.25, -0.2) is 17.6 Å². The second kappa shape index (κ2) is 10.1. The summed E-state index contributed by atoms with van der Waals surface area (Å²) in [4.78, 5) is 18.8. The van der Waals surface area contributed by atoms with E-state index in [1.165, 1.54) is 30.3 Å². The van der Waals surface area contributed by atoms with E-state index >= 15 is 0 Å². The Bertz CT molecular complexity index is 1320. The molecule has 3 aromatic rings. The first kappa shape index (κ1) is 24.6. The van der Waals surface area contributed by atoms with E-state index < -0.39 is 17.7 Å². The van der Waals surface area contributed by atoms with Crippen molar-refractivity contribution in [2.75, 3.05) is 29.9 Å². The van der Waals surface area contributed by atoms with E-state index in [1.807, 2.05) is 9.80 Å². The van der Waals surface area contributed by atoms with Crippen LogP contribution in [0, 0.1) is 23.3 Å². The molecule has 37 heavy (non-hydrogen) atoms. The van der Waals surface area contributed by atoms with E-state index in [1.54, 1.807) is 35.4 Å². The van der Waals surface area contributed by atoms with Crippen molar-refractivity contribution in [2.24, 2.45) is 5.73 Å². The van der Waals surface area contributed by atoms with Crippen LogP contribution in [-0.4, -0.2) is 47.5 Å². The summed E-state index contributed by atoms with van der Waals surface area (Å²) in [5.74, 6) is -2.26. The number of nitrogens with one attached hydrogen (secondary N) is 1. The van der Waals surface area contributed by atoms with Crippen LogP contribution in [0.3, 0.4) is 0 Å². The average Bonchev–Trinajstić information content (AvgIpc) is 3.25. The molecule has 0 aromatic heterocycles. The Kier molecular flexibility index (Phi) is 6.75. The first-order chi connectivity index (χ1) is 17.8. The van der Waals surface area contributed by atoms with Crippen molar-refractivity contribution in [1.82, 2.24) is 9.80 Å². The van der Waals surface area contributed by atoms with Crippen LogP contribution in [-0.2, 0) is 11.2 Å². The normalized spacial score (nSPS) is 17.9. The molecule has 10 heteroatoms. The minimum absolute atomic E-state index is 0.231. The molecule has 3 aromatic carbocycles. The molecular formula is C27H25F4N5O. The van der Waals surface area contributed by atoms with Crippen LogP contribution >= 0.6 is 0 Å². The minimum Gasteiger partial charge on any atom is -0.341 e. The minimum atomic E-state index is -0.971. The SMILES string of the molecule is N[C@@H](Cc1ccc(F)cc1)C(=O)N1CCN2C(Nc3ccc(F)c(F)c3)=CN(c3ccc(F)cc3)C2C1. The lowest BCUT2D eigenvalue weighted by Crippen LogP contribution is -2.59. The molecule has 3 N–H and O–H groups in total. The van der Waals surface area contributed by atoms with Crippen molar-refractivity contribution in [3.05, 3.63) is 108 Å². The van der Waals surface area contributed by atoms with Gasteiger partial charge in [0, 0.05) is 36.7 Å². The number of hydrogen-bond donors (Lipinski definition) is 2. The Hall–Kier alpha value is -4.05. The predicted octanol–water partition coefficient (Wildman–Crippen LogP) is 4.01. The van der Waals surface area contributed by atoms with E-state index in [0.717, 1.165) is 17.7 Å². The first-order valence-corrected chi connectivity index (χ1v) is 11.8. The zero-order chi connectivity index (χ0) is 26.1. The van der Waals surface area contributed by atoms with Gasteiger partial charge in [0.25, 0.3) is 0 Å². The van der Waals surface area contributed by atoms with Crippen molar-refractivity contribution in [3.8, 4) is 0 Å².